The van der Waals surface area contributed by atoms with Gasteiger partial charge in [0.2, 0.25) is 0 Å². The van der Waals surface area contributed by atoms with Crippen molar-refractivity contribution in [2.75, 3.05) is 0 Å². The minimum Gasteiger partial charge on any atom is -0.453 e. The molecule has 0 N–H and O–H groups in total. The summed E-state index contributed by atoms with van der Waals surface area (Å²) < 4.78 is 18.5. The van der Waals surface area contributed by atoms with Crippen molar-refractivity contribution in [1.29, 1.82) is 0 Å². The lowest BCUT2D eigenvalue weighted by Crippen LogP contribution is -1.92. The molecule has 2 nitrogen and oxygen atoms in total. The molecule has 0 radical (unpaired) electrons. The van der Waals surface area contributed by atoms with Crippen LogP contribution in [0.1, 0.15) is 23.9 Å². The van der Waals surface area contributed by atoms with Gasteiger partial charge in [-0.15, -0.1) is 0 Å². The molecule has 0 aliphatic heterocycles. The van der Waals surface area contributed by atoms with Crippen molar-refractivity contribution in [3.8, 4) is 11.3 Å². The van der Waals surface area contributed by atoms with E-state index in [-0.39, 0.29) is 11.5 Å². The van der Waals surface area contributed by atoms with E-state index in [1.165, 1.54) is 18.2 Å². The van der Waals surface area contributed by atoms with Crippen LogP contribution in [0.25, 0.3) is 11.3 Å². The average Bonchev–Trinajstić information content (AvgIpc) is 2.80. The number of hydrogen-bond donors (Lipinski definition) is 0. The SMILES string of the molecule is CCC(=O)c1ccc(-c2cc(F)ccc2Cl)o1. The summed E-state index contributed by atoms with van der Waals surface area (Å²) in [7, 11) is 0. The molecule has 2 rings (SSSR count). The lowest BCUT2D eigenvalue weighted by molar-refractivity contribution is 0.0962. The van der Waals surface area contributed by atoms with Gasteiger partial charge in [-0.1, -0.05) is 18.5 Å². The van der Waals surface area contributed by atoms with E-state index in [0.29, 0.717) is 22.8 Å². The Hall–Kier alpha value is -1.61. The first-order chi connectivity index (χ1) is 8.11. The Morgan fingerprint density at radius 2 is 2.12 bits per heavy atom. The second kappa shape index (κ2) is 4.72. The van der Waals surface area contributed by atoms with E-state index < -0.39 is 5.82 Å². The summed E-state index contributed by atoms with van der Waals surface area (Å²) in [4.78, 5) is 11.4. The maximum absolute atomic E-state index is 13.1. The fraction of sp³-hybridized carbons (Fsp3) is 0.154. The van der Waals surface area contributed by atoms with Gasteiger partial charge in [0, 0.05) is 12.0 Å². The molecule has 0 saturated carbocycles. The molecule has 4 heteroatoms. The Kier molecular flexibility index (Phi) is 3.29. The smallest absolute Gasteiger partial charge is 0.197 e. The van der Waals surface area contributed by atoms with Gasteiger partial charge >= 0.3 is 0 Å². The summed E-state index contributed by atoms with van der Waals surface area (Å²) in [5.41, 5.74) is 0.446. The maximum atomic E-state index is 13.1. The number of carbonyl (C=O) groups is 1. The number of hydrogen-bond acceptors (Lipinski definition) is 2. The highest BCUT2D eigenvalue weighted by Crippen LogP contribution is 2.30. The first-order valence-corrected chi connectivity index (χ1v) is 5.58. The van der Waals surface area contributed by atoms with Gasteiger partial charge in [-0.2, -0.15) is 0 Å². The summed E-state index contributed by atoms with van der Waals surface area (Å²) in [6.45, 7) is 1.75. The zero-order valence-electron chi connectivity index (χ0n) is 9.17. The number of benzene rings is 1. The molecule has 1 heterocycles. The third kappa shape index (κ3) is 2.39. The second-order valence-corrected chi connectivity index (χ2v) is 3.97. The molecular formula is C13H10ClFO2. The van der Waals surface area contributed by atoms with Crippen LogP contribution in [0.4, 0.5) is 4.39 Å². The van der Waals surface area contributed by atoms with Gasteiger partial charge < -0.3 is 4.42 Å². The Morgan fingerprint density at radius 1 is 1.35 bits per heavy atom. The van der Waals surface area contributed by atoms with E-state index in [9.17, 15) is 9.18 Å². The van der Waals surface area contributed by atoms with Crippen LogP contribution in [0.3, 0.4) is 0 Å². The zero-order chi connectivity index (χ0) is 12.4. The molecule has 0 atom stereocenters. The van der Waals surface area contributed by atoms with Crippen LogP contribution in [0, 0.1) is 5.82 Å². The van der Waals surface area contributed by atoms with Gasteiger partial charge in [0.15, 0.2) is 11.5 Å². The predicted octanol–water partition coefficient (Wildman–Crippen LogP) is 4.33. The summed E-state index contributed by atoms with van der Waals surface area (Å²) in [5, 5.41) is 0.385. The lowest BCUT2D eigenvalue weighted by Gasteiger charge is -2.00. The number of carbonyl (C=O) groups excluding carboxylic acids is 1. The van der Waals surface area contributed by atoms with Gasteiger partial charge in [-0.05, 0) is 30.3 Å². The van der Waals surface area contributed by atoms with Crippen molar-refractivity contribution in [2.24, 2.45) is 0 Å². The van der Waals surface area contributed by atoms with Crippen LogP contribution >= 0.6 is 11.6 Å². The van der Waals surface area contributed by atoms with Crippen molar-refractivity contribution in [3.63, 3.8) is 0 Å². The topological polar surface area (TPSA) is 30.2 Å². The van der Waals surface area contributed by atoms with Crippen molar-refractivity contribution in [2.45, 2.75) is 13.3 Å². The van der Waals surface area contributed by atoms with E-state index in [2.05, 4.69) is 0 Å². The van der Waals surface area contributed by atoms with E-state index in [1.807, 2.05) is 0 Å². The summed E-state index contributed by atoms with van der Waals surface area (Å²) in [5.74, 6) is 0.169. The van der Waals surface area contributed by atoms with Crippen LogP contribution in [0.2, 0.25) is 5.02 Å². The number of furan rings is 1. The van der Waals surface area contributed by atoms with Gasteiger partial charge in [0.1, 0.15) is 11.6 Å². The van der Waals surface area contributed by atoms with Crippen molar-refractivity contribution >= 4 is 17.4 Å². The fourth-order valence-corrected chi connectivity index (χ4v) is 1.70. The fourth-order valence-electron chi connectivity index (χ4n) is 1.49. The normalized spacial score (nSPS) is 10.5. The molecule has 1 aromatic heterocycles. The molecule has 0 spiro atoms. The molecule has 0 unspecified atom stereocenters. The van der Waals surface area contributed by atoms with Crippen molar-refractivity contribution < 1.29 is 13.6 Å². The first kappa shape index (κ1) is 11.9. The third-order valence-electron chi connectivity index (χ3n) is 2.40. The van der Waals surface area contributed by atoms with Gasteiger partial charge in [0.05, 0.1) is 5.02 Å². The molecule has 1 aromatic carbocycles. The molecule has 0 aliphatic carbocycles. The average molecular weight is 253 g/mol. The van der Waals surface area contributed by atoms with Crippen LogP contribution in [0.5, 0.6) is 0 Å². The van der Waals surface area contributed by atoms with E-state index >= 15 is 0 Å². The molecule has 17 heavy (non-hydrogen) atoms. The predicted molar refractivity (Wildman–Crippen MR) is 63.7 cm³/mol. The van der Waals surface area contributed by atoms with Crippen molar-refractivity contribution in [1.82, 2.24) is 0 Å². The molecule has 0 amide bonds. The number of rotatable bonds is 3. The highest BCUT2D eigenvalue weighted by atomic mass is 35.5. The highest BCUT2D eigenvalue weighted by molar-refractivity contribution is 6.33. The standard InChI is InChI=1S/C13H10ClFO2/c1-2-11(16)13-6-5-12(17-13)9-7-8(15)3-4-10(9)14/h3-7H,2H2,1H3. The molecule has 0 saturated heterocycles. The van der Waals surface area contributed by atoms with Crippen LogP contribution in [-0.4, -0.2) is 5.78 Å². The highest BCUT2D eigenvalue weighted by Gasteiger charge is 2.13. The van der Waals surface area contributed by atoms with Gasteiger partial charge in [-0.3, -0.25) is 4.79 Å². The monoisotopic (exact) mass is 252 g/mol. The number of Topliss-reactive ketones (excluding diaryl/α,β-unsaturated/α-hetero) is 1. The maximum Gasteiger partial charge on any atom is 0.197 e. The molecule has 0 bridgehead atoms. The van der Waals surface area contributed by atoms with E-state index in [0.717, 1.165) is 0 Å². The Morgan fingerprint density at radius 3 is 2.82 bits per heavy atom. The Bertz CT molecular complexity index is 560. The largest absolute Gasteiger partial charge is 0.453 e. The molecule has 2 aromatic rings. The molecular weight excluding hydrogens is 243 g/mol. The number of halogens is 2. The number of ketones is 1. The van der Waals surface area contributed by atoms with Crippen LogP contribution in [0.15, 0.2) is 34.7 Å². The van der Waals surface area contributed by atoms with Crippen LogP contribution < -0.4 is 0 Å². The van der Waals surface area contributed by atoms with Gasteiger partial charge in [-0.25, -0.2) is 4.39 Å². The van der Waals surface area contributed by atoms with Crippen LogP contribution in [-0.2, 0) is 0 Å². The lowest BCUT2D eigenvalue weighted by atomic mass is 10.1. The minimum atomic E-state index is -0.399. The second-order valence-electron chi connectivity index (χ2n) is 3.56. The van der Waals surface area contributed by atoms with Crippen molar-refractivity contribution in [3.05, 3.63) is 46.9 Å². The summed E-state index contributed by atoms with van der Waals surface area (Å²) in [6.07, 6.45) is 0.365. The summed E-state index contributed by atoms with van der Waals surface area (Å²) >= 11 is 5.94. The molecule has 0 aliphatic rings. The van der Waals surface area contributed by atoms with Gasteiger partial charge in [0.25, 0.3) is 0 Å². The Labute approximate surface area is 103 Å². The molecule has 88 valence electrons. The zero-order valence-corrected chi connectivity index (χ0v) is 9.92. The van der Waals surface area contributed by atoms with E-state index in [1.54, 1.807) is 19.1 Å². The first-order valence-electron chi connectivity index (χ1n) is 5.20. The minimum absolute atomic E-state index is 0.0937. The summed E-state index contributed by atoms with van der Waals surface area (Å²) in [6, 6.07) is 7.19. The quantitative estimate of drug-likeness (QED) is 0.761. The Balaban J connectivity index is 2.43. The van der Waals surface area contributed by atoms with E-state index in [4.69, 9.17) is 16.0 Å². The molecule has 0 fully saturated rings. The third-order valence-corrected chi connectivity index (χ3v) is 2.73.